The van der Waals surface area contributed by atoms with Crippen molar-refractivity contribution in [2.45, 2.75) is 46.1 Å². The molecule has 1 aromatic heterocycles. The van der Waals surface area contributed by atoms with Crippen LogP contribution in [0.5, 0.6) is 11.5 Å². The number of unbranched alkanes of at least 4 members (excludes halogenated alkanes) is 2. The normalized spacial score (nSPS) is 11.0. The van der Waals surface area contributed by atoms with Crippen LogP contribution in [0, 0.1) is 13.8 Å². The third kappa shape index (κ3) is 7.73. The molecular formula is C30H34ClN3O3. The second kappa shape index (κ2) is 13.2. The summed E-state index contributed by atoms with van der Waals surface area (Å²) >= 11 is 5.86. The van der Waals surface area contributed by atoms with Crippen LogP contribution >= 0.6 is 11.6 Å². The number of aryl methyl sites for hydroxylation is 3. The number of nitrogens with one attached hydrogen (secondary N) is 1. The first-order valence-electron chi connectivity index (χ1n) is 12.8. The summed E-state index contributed by atoms with van der Waals surface area (Å²) in [6, 6.07) is 21.5. The molecule has 0 fully saturated rings. The lowest BCUT2D eigenvalue weighted by Gasteiger charge is -2.13. The van der Waals surface area contributed by atoms with Gasteiger partial charge in [0, 0.05) is 18.0 Å². The number of benzene rings is 3. The Balaban J connectivity index is 1.21. The zero-order valence-corrected chi connectivity index (χ0v) is 22.3. The van der Waals surface area contributed by atoms with Gasteiger partial charge in [-0.25, -0.2) is 4.98 Å². The summed E-state index contributed by atoms with van der Waals surface area (Å²) in [6.07, 6.45) is 3.79. The van der Waals surface area contributed by atoms with Gasteiger partial charge in [-0.2, -0.15) is 0 Å². The van der Waals surface area contributed by atoms with Crippen molar-refractivity contribution in [3.05, 3.63) is 88.7 Å². The number of amides is 1. The Morgan fingerprint density at radius 3 is 2.59 bits per heavy atom. The number of halogens is 1. The zero-order valence-electron chi connectivity index (χ0n) is 21.5. The fourth-order valence-corrected chi connectivity index (χ4v) is 4.44. The summed E-state index contributed by atoms with van der Waals surface area (Å²) < 4.78 is 13.9. The highest BCUT2D eigenvalue weighted by Crippen LogP contribution is 2.21. The topological polar surface area (TPSA) is 65.4 Å². The van der Waals surface area contributed by atoms with Crippen molar-refractivity contribution in [3.63, 3.8) is 0 Å². The number of hydrogen-bond acceptors (Lipinski definition) is 4. The summed E-state index contributed by atoms with van der Waals surface area (Å²) in [6.45, 7) is 6.12. The van der Waals surface area contributed by atoms with Gasteiger partial charge in [0.15, 0.2) is 6.61 Å². The molecule has 194 valence electrons. The highest BCUT2D eigenvalue weighted by molar-refractivity contribution is 6.30. The lowest BCUT2D eigenvalue weighted by Crippen LogP contribution is -2.29. The molecule has 0 saturated carbocycles. The number of ether oxygens (including phenoxy) is 2. The second-order valence-corrected chi connectivity index (χ2v) is 9.63. The highest BCUT2D eigenvalue weighted by atomic mass is 35.5. The predicted octanol–water partition coefficient (Wildman–Crippen LogP) is 6.29. The van der Waals surface area contributed by atoms with Crippen molar-refractivity contribution in [1.29, 1.82) is 0 Å². The maximum Gasteiger partial charge on any atom is 0.257 e. The smallest absolute Gasteiger partial charge is 0.257 e. The number of imidazole rings is 1. The molecule has 1 amide bonds. The first-order valence-corrected chi connectivity index (χ1v) is 13.2. The summed E-state index contributed by atoms with van der Waals surface area (Å²) in [5, 5.41) is 3.56. The van der Waals surface area contributed by atoms with Gasteiger partial charge in [-0.15, -0.1) is 0 Å². The lowest BCUT2D eigenvalue weighted by molar-refractivity contribution is -0.123. The highest BCUT2D eigenvalue weighted by Gasteiger charge is 2.11. The van der Waals surface area contributed by atoms with Crippen LogP contribution in [-0.4, -0.2) is 35.2 Å². The summed E-state index contributed by atoms with van der Waals surface area (Å²) in [5.74, 6) is 2.51. The van der Waals surface area contributed by atoms with Crippen molar-refractivity contribution < 1.29 is 14.3 Å². The summed E-state index contributed by atoms with van der Waals surface area (Å²) in [7, 11) is 0. The quantitative estimate of drug-likeness (QED) is 0.211. The number of rotatable bonds is 13. The van der Waals surface area contributed by atoms with Crippen molar-refractivity contribution in [1.82, 2.24) is 14.9 Å². The number of nitrogens with zero attached hydrogens (tertiary/aromatic N) is 2. The molecule has 4 aromatic rings. The van der Waals surface area contributed by atoms with Crippen LogP contribution in [0.2, 0.25) is 5.02 Å². The van der Waals surface area contributed by atoms with Crippen molar-refractivity contribution in [2.75, 3.05) is 19.8 Å². The molecule has 1 heterocycles. The van der Waals surface area contributed by atoms with Crippen LogP contribution in [0.4, 0.5) is 0 Å². The molecule has 4 rings (SSSR count). The van der Waals surface area contributed by atoms with Gasteiger partial charge >= 0.3 is 0 Å². The van der Waals surface area contributed by atoms with E-state index in [1.165, 1.54) is 5.56 Å². The first-order chi connectivity index (χ1) is 18.0. The number of carbonyl (C=O) groups is 1. The Hall–Kier alpha value is -3.51. The van der Waals surface area contributed by atoms with Crippen molar-refractivity contribution in [3.8, 4) is 11.5 Å². The van der Waals surface area contributed by atoms with E-state index in [-0.39, 0.29) is 12.5 Å². The molecule has 0 aliphatic carbocycles. The van der Waals surface area contributed by atoms with E-state index in [1.807, 2.05) is 12.1 Å². The van der Waals surface area contributed by atoms with E-state index in [2.05, 4.69) is 54.1 Å². The molecule has 0 radical (unpaired) electrons. The Morgan fingerprint density at radius 1 is 0.973 bits per heavy atom. The number of carbonyl (C=O) groups excluding carboxylic acids is 1. The molecule has 0 saturated heterocycles. The molecule has 0 bridgehead atoms. The maximum absolute atomic E-state index is 12.0. The van der Waals surface area contributed by atoms with Gasteiger partial charge in [-0.3, -0.25) is 4.79 Å². The second-order valence-electron chi connectivity index (χ2n) is 9.19. The third-order valence-electron chi connectivity index (χ3n) is 6.22. The number of hydrogen-bond donors (Lipinski definition) is 1. The van der Waals surface area contributed by atoms with E-state index in [0.717, 1.165) is 60.4 Å². The van der Waals surface area contributed by atoms with Gasteiger partial charge in [-0.05, 0) is 74.7 Å². The van der Waals surface area contributed by atoms with Crippen LogP contribution in [0.1, 0.15) is 36.2 Å². The molecule has 0 unspecified atom stereocenters. The van der Waals surface area contributed by atoms with Crippen LogP contribution in [-0.2, 0) is 17.8 Å². The molecule has 0 spiro atoms. The van der Waals surface area contributed by atoms with Gasteiger partial charge < -0.3 is 19.4 Å². The van der Waals surface area contributed by atoms with E-state index in [0.29, 0.717) is 23.9 Å². The van der Waals surface area contributed by atoms with E-state index < -0.39 is 0 Å². The van der Waals surface area contributed by atoms with Gasteiger partial charge in [0.25, 0.3) is 5.91 Å². The maximum atomic E-state index is 12.0. The SMILES string of the molecule is Cc1ccc(OCCn2c(CCCCCNC(=O)COc3ccc(Cl)cc3)nc3ccccc32)c(C)c1. The van der Waals surface area contributed by atoms with Crippen LogP contribution in [0.3, 0.4) is 0 Å². The monoisotopic (exact) mass is 519 g/mol. The summed E-state index contributed by atoms with van der Waals surface area (Å²) in [5.41, 5.74) is 4.53. The molecule has 6 nitrogen and oxygen atoms in total. The van der Waals surface area contributed by atoms with Gasteiger partial charge in [0.05, 0.1) is 17.6 Å². The minimum absolute atomic E-state index is 0.00413. The zero-order chi connectivity index (χ0) is 26.0. The molecule has 7 heteroatoms. The fraction of sp³-hybridized carbons (Fsp3) is 0.333. The molecule has 0 aliphatic rings. The Bertz CT molecular complexity index is 1320. The minimum Gasteiger partial charge on any atom is -0.491 e. The lowest BCUT2D eigenvalue weighted by atomic mass is 10.1. The van der Waals surface area contributed by atoms with E-state index in [1.54, 1.807) is 24.3 Å². The number of aromatic nitrogens is 2. The third-order valence-corrected chi connectivity index (χ3v) is 6.47. The predicted molar refractivity (Wildman–Crippen MR) is 149 cm³/mol. The molecule has 37 heavy (non-hydrogen) atoms. The van der Waals surface area contributed by atoms with Crippen LogP contribution in [0.15, 0.2) is 66.7 Å². The Kier molecular flexibility index (Phi) is 9.44. The van der Waals surface area contributed by atoms with E-state index in [4.69, 9.17) is 26.1 Å². The van der Waals surface area contributed by atoms with Gasteiger partial charge in [-0.1, -0.05) is 47.9 Å². The van der Waals surface area contributed by atoms with Crippen molar-refractivity contribution in [2.24, 2.45) is 0 Å². The number of para-hydroxylation sites is 2. The van der Waals surface area contributed by atoms with Gasteiger partial charge in [0.1, 0.15) is 23.9 Å². The number of fused-ring (bicyclic) bond motifs is 1. The molecule has 0 aliphatic heterocycles. The standard InChI is InChI=1S/C30H34ClN3O3/c1-22-11-16-28(23(2)20-22)36-19-18-34-27-9-6-5-8-26(27)33-29(34)10-4-3-7-17-32-30(35)21-37-25-14-12-24(31)13-15-25/h5-6,8-9,11-16,20H,3-4,7,10,17-19,21H2,1-2H3,(H,32,35). The van der Waals surface area contributed by atoms with E-state index >= 15 is 0 Å². The summed E-state index contributed by atoms with van der Waals surface area (Å²) in [4.78, 5) is 16.9. The van der Waals surface area contributed by atoms with Crippen LogP contribution in [0.25, 0.3) is 11.0 Å². The minimum atomic E-state index is -0.124. The molecule has 1 N–H and O–H groups in total. The van der Waals surface area contributed by atoms with Crippen LogP contribution < -0.4 is 14.8 Å². The molecule has 3 aromatic carbocycles. The first kappa shape index (κ1) is 26.6. The Morgan fingerprint density at radius 2 is 1.78 bits per heavy atom. The fourth-order valence-electron chi connectivity index (χ4n) is 4.32. The Labute approximate surface area is 223 Å². The molecular weight excluding hydrogens is 486 g/mol. The average molecular weight is 520 g/mol. The van der Waals surface area contributed by atoms with Crippen molar-refractivity contribution >= 4 is 28.5 Å². The average Bonchev–Trinajstić information content (AvgIpc) is 3.24. The van der Waals surface area contributed by atoms with Gasteiger partial charge in [0.2, 0.25) is 0 Å². The van der Waals surface area contributed by atoms with E-state index in [9.17, 15) is 4.79 Å². The molecule has 0 atom stereocenters. The largest absolute Gasteiger partial charge is 0.491 e.